The average molecular weight is 955 g/mol. The fraction of sp³-hybridized carbons (Fsp3) is 0.773. The Morgan fingerprint density at radius 1 is 0.459 bits per heavy atom. The normalized spacial score (nSPS) is 28.0. The van der Waals surface area contributed by atoms with Crippen molar-refractivity contribution in [3.05, 3.63) is 11.8 Å². The maximum absolute atomic E-state index is 15.7. The summed E-state index contributed by atoms with van der Waals surface area (Å²) in [6.07, 6.45) is 0.327. The van der Waals surface area contributed by atoms with Gasteiger partial charge in [-0.2, -0.15) is 0 Å². The van der Waals surface area contributed by atoms with Crippen molar-refractivity contribution in [2.24, 2.45) is 33.5 Å². The second kappa shape index (κ2) is 21.0. The molecule has 0 spiro atoms. The molecule has 0 aromatic heterocycles. The van der Waals surface area contributed by atoms with Gasteiger partial charge in [0.2, 0.25) is 0 Å². The Labute approximate surface area is 372 Å². The van der Waals surface area contributed by atoms with Crippen molar-refractivity contribution in [3.63, 3.8) is 0 Å². The van der Waals surface area contributed by atoms with E-state index in [1.807, 2.05) is 0 Å². The molecule has 4 aliphatic carbocycles. The standard InChI is InChI=1S/C44H64O16.Pd/c1-11-53-33(45)25(5)57-37(49)31-41(9,29-21-17-15-18-22-29)43(31,39(51)59-27(7)35(47)55-13-3)44(40(52)60-28(8)36(48)56-14-4)32(38(50)58-26(6)34(46)54-12-2)42(44,10)30-23-19-16-20-24-30;/h25-30H,11-24H2,1-10H3;/q-2;+2/t25-,26-,27-,28-,41-,42-,43-,44-;/m0./s1. The molecule has 8 atom stereocenters. The van der Waals surface area contributed by atoms with Gasteiger partial charge in [0.1, 0.15) is 0 Å². The zero-order valence-electron chi connectivity index (χ0n) is 37.2. The van der Waals surface area contributed by atoms with Crippen LogP contribution in [0.25, 0.3) is 0 Å². The first-order valence-electron chi connectivity index (χ1n) is 21.6. The van der Waals surface area contributed by atoms with Gasteiger partial charge >= 0.3 is 44.3 Å². The Hall–Kier alpha value is -3.84. The zero-order chi connectivity index (χ0) is 44.8. The monoisotopic (exact) mass is 954 g/mol. The minimum atomic E-state index is -2.45. The summed E-state index contributed by atoms with van der Waals surface area (Å²) in [5.74, 6) is -9.76. The molecule has 0 unspecified atom stereocenters. The van der Waals surface area contributed by atoms with E-state index in [4.69, 9.17) is 37.9 Å². The minimum Gasteiger partial charge on any atom is -0.473 e. The van der Waals surface area contributed by atoms with Gasteiger partial charge in [0.05, 0.1) is 26.4 Å². The van der Waals surface area contributed by atoms with Gasteiger partial charge in [0, 0.05) is 0 Å². The first kappa shape index (κ1) is 51.5. The molecule has 0 aliphatic heterocycles. The minimum absolute atomic E-state index is 0. The van der Waals surface area contributed by atoms with E-state index in [0.29, 0.717) is 51.4 Å². The van der Waals surface area contributed by atoms with Crippen LogP contribution in [0.3, 0.4) is 0 Å². The molecule has 4 saturated carbocycles. The van der Waals surface area contributed by atoms with Crippen molar-refractivity contribution in [2.75, 3.05) is 26.4 Å². The molecular formula is C44H64O16Pd. The molecule has 4 aliphatic rings. The van der Waals surface area contributed by atoms with Crippen molar-refractivity contribution >= 4 is 47.8 Å². The van der Waals surface area contributed by atoms with Crippen molar-refractivity contribution < 1.29 is 96.7 Å². The molecule has 61 heavy (non-hydrogen) atoms. The number of hydrogen-bond acceptors (Lipinski definition) is 16. The van der Waals surface area contributed by atoms with E-state index in [-0.39, 0.29) is 58.7 Å². The number of carbonyl (C=O) groups is 8. The van der Waals surface area contributed by atoms with E-state index >= 15 is 9.59 Å². The summed E-state index contributed by atoms with van der Waals surface area (Å²) in [5, 5.41) is 0. The third-order valence-corrected chi connectivity index (χ3v) is 13.3. The topological polar surface area (TPSA) is 210 Å². The van der Waals surface area contributed by atoms with Crippen LogP contribution in [-0.4, -0.2) is 98.6 Å². The molecule has 0 amide bonds. The largest absolute Gasteiger partial charge is 2.00 e. The number of hydrogen-bond donors (Lipinski definition) is 0. The number of ether oxygens (including phenoxy) is 8. The van der Waals surface area contributed by atoms with E-state index in [2.05, 4.69) is 0 Å². The summed E-state index contributed by atoms with van der Waals surface area (Å²) >= 11 is 0. The van der Waals surface area contributed by atoms with E-state index in [0.717, 1.165) is 12.8 Å². The Kier molecular flexibility index (Phi) is 17.8. The quantitative estimate of drug-likeness (QED) is 0.0697. The van der Waals surface area contributed by atoms with Crippen LogP contribution >= 0.6 is 0 Å². The molecule has 0 aromatic rings. The van der Waals surface area contributed by atoms with Gasteiger partial charge in [0.15, 0.2) is 36.4 Å². The first-order chi connectivity index (χ1) is 28.3. The van der Waals surface area contributed by atoms with Crippen molar-refractivity contribution in [2.45, 2.75) is 158 Å². The van der Waals surface area contributed by atoms with Crippen molar-refractivity contribution in [1.82, 2.24) is 0 Å². The third kappa shape index (κ3) is 9.02. The Morgan fingerprint density at radius 2 is 0.705 bits per heavy atom. The summed E-state index contributed by atoms with van der Waals surface area (Å²) < 4.78 is 44.2. The second-order valence-electron chi connectivity index (χ2n) is 16.5. The number of esters is 8. The summed E-state index contributed by atoms with van der Waals surface area (Å²) in [4.78, 5) is 113. The molecule has 0 heterocycles. The zero-order valence-corrected chi connectivity index (χ0v) is 38.8. The molecular weight excluding hydrogens is 891 g/mol. The summed E-state index contributed by atoms with van der Waals surface area (Å²) in [6.45, 7) is 14.6. The average Bonchev–Trinajstić information content (AvgIpc) is 4.03. The predicted octanol–water partition coefficient (Wildman–Crippen LogP) is 5.29. The summed E-state index contributed by atoms with van der Waals surface area (Å²) in [7, 11) is 0. The van der Waals surface area contributed by atoms with Crippen LogP contribution in [0, 0.1) is 45.3 Å². The Balaban J connectivity index is 0.00000992. The van der Waals surface area contributed by atoms with Crippen LogP contribution in [0.2, 0.25) is 0 Å². The molecule has 0 bridgehead atoms. The van der Waals surface area contributed by atoms with Crippen LogP contribution in [-0.2, 0) is 96.7 Å². The third-order valence-electron chi connectivity index (χ3n) is 13.3. The van der Waals surface area contributed by atoms with Crippen LogP contribution < -0.4 is 0 Å². The SMILES string of the molecule is CCOC(=O)[C@H](C)OC(=O)[C-]1[C@@](C(=O)O[C@@H](C)C(=O)OCC)([C@]2(C(=O)O[C@@H](C)C(=O)OCC)[C-](C(=O)O[C@@H](C)C(=O)OCC)[C@]2(C)C2CCCCC2)[C@@]1(C)C1CCCCC1.[Pd+2]. The van der Waals surface area contributed by atoms with Gasteiger partial charge in [-0.05, 0) is 55.4 Å². The summed E-state index contributed by atoms with van der Waals surface area (Å²) in [6, 6.07) is 0. The molecule has 16 nitrogen and oxygen atoms in total. The van der Waals surface area contributed by atoms with Crippen LogP contribution in [0.5, 0.6) is 0 Å². The maximum Gasteiger partial charge on any atom is 2.00 e. The Bertz CT molecular complexity index is 1520. The van der Waals surface area contributed by atoms with Crippen molar-refractivity contribution in [1.29, 1.82) is 0 Å². The molecule has 346 valence electrons. The van der Waals surface area contributed by atoms with Crippen LogP contribution in [0.4, 0.5) is 0 Å². The number of rotatable bonds is 19. The van der Waals surface area contributed by atoms with Gasteiger partial charge in [-0.1, -0.05) is 101 Å². The van der Waals surface area contributed by atoms with Gasteiger partial charge in [-0.15, -0.1) is 10.8 Å². The molecule has 0 saturated heterocycles. The summed E-state index contributed by atoms with van der Waals surface area (Å²) in [5.41, 5.74) is -8.18. The van der Waals surface area contributed by atoms with Gasteiger partial charge in [-0.25, -0.2) is 19.2 Å². The molecule has 0 aromatic carbocycles. The van der Waals surface area contributed by atoms with Crippen molar-refractivity contribution in [3.8, 4) is 0 Å². The first-order valence-corrected chi connectivity index (χ1v) is 21.6. The van der Waals surface area contributed by atoms with E-state index < -0.39 is 106 Å². The van der Waals surface area contributed by atoms with Crippen LogP contribution in [0.15, 0.2) is 0 Å². The van der Waals surface area contributed by atoms with E-state index in [1.54, 1.807) is 41.5 Å². The molecule has 4 fully saturated rings. The number of carbonyl (C=O) groups excluding carboxylic acids is 8. The van der Waals surface area contributed by atoms with E-state index in [9.17, 15) is 28.8 Å². The fourth-order valence-corrected chi connectivity index (χ4v) is 10.5. The van der Waals surface area contributed by atoms with Crippen LogP contribution in [0.1, 0.15) is 133 Å². The molecule has 0 N–H and O–H groups in total. The molecule has 4 rings (SSSR count). The maximum atomic E-state index is 15.7. The predicted molar refractivity (Wildman–Crippen MR) is 209 cm³/mol. The van der Waals surface area contributed by atoms with Gasteiger partial charge < -0.3 is 37.9 Å². The van der Waals surface area contributed by atoms with Gasteiger partial charge in [-0.3, -0.25) is 31.0 Å². The molecule has 0 radical (unpaired) electrons. The Morgan fingerprint density at radius 3 is 0.951 bits per heavy atom. The van der Waals surface area contributed by atoms with E-state index in [1.165, 1.54) is 27.7 Å². The second-order valence-corrected chi connectivity index (χ2v) is 16.5. The fourth-order valence-electron chi connectivity index (χ4n) is 10.5. The van der Waals surface area contributed by atoms with Gasteiger partial charge in [0.25, 0.3) is 11.9 Å². The smallest absolute Gasteiger partial charge is 0.473 e. The molecule has 17 heteroatoms.